The summed E-state index contributed by atoms with van der Waals surface area (Å²) in [4.78, 5) is 12.1. The Hall–Kier alpha value is -2.41. The number of aryl methyl sites for hydroxylation is 1. The lowest BCUT2D eigenvalue weighted by atomic mass is 10.1. The number of nitrogens with one attached hydrogen (secondary N) is 2. The van der Waals surface area contributed by atoms with E-state index in [4.69, 9.17) is 0 Å². The molecule has 0 aliphatic carbocycles. The maximum absolute atomic E-state index is 13.1. The monoisotopic (exact) mass is 322 g/mol. The van der Waals surface area contributed by atoms with Crippen molar-refractivity contribution in [3.05, 3.63) is 59.4 Å². The molecule has 0 spiro atoms. The number of halogens is 1. The van der Waals surface area contributed by atoms with Gasteiger partial charge >= 0.3 is 0 Å². The Balaban J connectivity index is 2.25. The highest BCUT2D eigenvalue weighted by molar-refractivity contribution is 7.92. The first-order chi connectivity index (χ1) is 10.2. The van der Waals surface area contributed by atoms with Crippen molar-refractivity contribution in [3.63, 3.8) is 0 Å². The molecule has 2 N–H and O–H groups in total. The van der Waals surface area contributed by atoms with Gasteiger partial charge in [-0.25, -0.2) is 12.8 Å². The number of carbonyl (C=O) groups is 1. The van der Waals surface area contributed by atoms with Gasteiger partial charge in [-0.15, -0.1) is 0 Å². The Bertz CT molecular complexity index is 819. The van der Waals surface area contributed by atoms with E-state index in [0.717, 1.165) is 6.26 Å². The van der Waals surface area contributed by atoms with Crippen molar-refractivity contribution < 1.29 is 17.6 Å². The van der Waals surface area contributed by atoms with E-state index in [1.54, 1.807) is 25.1 Å². The molecule has 1 amide bonds. The van der Waals surface area contributed by atoms with Crippen LogP contribution >= 0.6 is 0 Å². The maximum Gasteiger partial charge on any atom is 0.255 e. The molecule has 0 atom stereocenters. The second-order valence-corrected chi connectivity index (χ2v) is 6.62. The van der Waals surface area contributed by atoms with Gasteiger partial charge < -0.3 is 5.32 Å². The molecule has 0 aromatic heterocycles. The van der Waals surface area contributed by atoms with E-state index in [2.05, 4.69) is 10.0 Å². The number of hydrogen-bond acceptors (Lipinski definition) is 3. The van der Waals surface area contributed by atoms with Crippen molar-refractivity contribution in [3.8, 4) is 0 Å². The van der Waals surface area contributed by atoms with Crippen molar-refractivity contribution >= 4 is 27.3 Å². The van der Waals surface area contributed by atoms with Crippen LogP contribution in [0.25, 0.3) is 0 Å². The third kappa shape index (κ3) is 4.29. The molecule has 2 aromatic carbocycles. The molecule has 7 heteroatoms. The van der Waals surface area contributed by atoms with E-state index in [1.807, 2.05) is 0 Å². The normalized spacial score (nSPS) is 11.0. The van der Waals surface area contributed by atoms with Crippen molar-refractivity contribution in [2.75, 3.05) is 16.3 Å². The first-order valence-electron chi connectivity index (χ1n) is 6.40. The zero-order valence-electron chi connectivity index (χ0n) is 12.1. The van der Waals surface area contributed by atoms with Crippen LogP contribution in [0.3, 0.4) is 0 Å². The molecule has 116 valence electrons. The van der Waals surface area contributed by atoms with Gasteiger partial charge in [0.1, 0.15) is 5.82 Å². The SMILES string of the molecule is Cc1ccc(C(=O)Nc2cccc(F)c2)cc1NS(C)(=O)=O. The van der Waals surface area contributed by atoms with Gasteiger partial charge in [0, 0.05) is 11.3 Å². The van der Waals surface area contributed by atoms with Crippen LogP contribution in [0.1, 0.15) is 15.9 Å². The number of anilines is 2. The minimum atomic E-state index is -3.44. The number of carbonyl (C=O) groups excluding carboxylic acids is 1. The van der Waals surface area contributed by atoms with Crippen molar-refractivity contribution in [2.45, 2.75) is 6.92 Å². The standard InChI is InChI=1S/C15H15FN2O3S/c1-10-6-7-11(8-14(10)18-22(2,20)21)15(19)17-13-5-3-4-12(16)9-13/h3-9,18H,1-2H3,(H,17,19). The highest BCUT2D eigenvalue weighted by Crippen LogP contribution is 2.19. The van der Waals surface area contributed by atoms with E-state index in [9.17, 15) is 17.6 Å². The summed E-state index contributed by atoms with van der Waals surface area (Å²) >= 11 is 0. The summed E-state index contributed by atoms with van der Waals surface area (Å²) in [5, 5.41) is 2.55. The van der Waals surface area contributed by atoms with Crippen molar-refractivity contribution in [2.24, 2.45) is 0 Å². The minimum absolute atomic E-state index is 0.265. The van der Waals surface area contributed by atoms with E-state index in [0.29, 0.717) is 16.9 Å². The summed E-state index contributed by atoms with van der Waals surface area (Å²) in [5.41, 5.74) is 1.60. The molecule has 2 aromatic rings. The molecule has 0 aliphatic heterocycles. The number of benzene rings is 2. The van der Waals surface area contributed by atoms with Gasteiger partial charge in [0.05, 0.1) is 11.9 Å². The quantitative estimate of drug-likeness (QED) is 0.909. The molecule has 0 aliphatic rings. The van der Waals surface area contributed by atoms with Crippen LogP contribution < -0.4 is 10.0 Å². The number of hydrogen-bond donors (Lipinski definition) is 2. The number of sulfonamides is 1. The third-order valence-corrected chi connectivity index (χ3v) is 3.47. The molecule has 0 saturated carbocycles. The second kappa shape index (κ2) is 6.15. The lowest BCUT2D eigenvalue weighted by molar-refractivity contribution is 0.102. The Morgan fingerprint density at radius 2 is 1.86 bits per heavy atom. The zero-order valence-corrected chi connectivity index (χ0v) is 12.9. The molecular weight excluding hydrogens is 307 g/mol. The lowest BCUT2D eigenvalue weighted by Gasteiger charge is -2.10. The molecule has 22 heavy (non-hydrogen) atoms. The summed E-state index contributed by atoms with van der Waals surface area (Å²) < 4.78 is 38.1. The van der Waals surface area contributed by atoms with Gasteiger partial charge in [0.2, 0.25) is 10.0 Å². The Morgan fingerprint density at radius 1 is 1.14 bits per heavy atom. The van der Waals surface area contributed by atoms with Gasteiger partial charge in [0.25, 0.3) is 5.91 Å². The van der Waals surface area contributed by atoms with E-state index >= 15 is 0 Å². The van der Waals surface area contributed by atoms with Crippen molar-refractivity contribution in [1.29, 1.82) is 0 Å². The van der Waals surface area contributed by atoms with Crippen LogP contribution in [0, 0.1) is 12.7 Å². The summed E-state index contributed by atoms with van der Waals surface area (Å²) in [6.45, 7) is 1.72. The summed E-state index contributed by atoms with van der Waals surface area (Å²) in [6.07, 6.45) is 1.03. The molecule has 2 rings (SSSR count). The fourth-order valence-corrected chi connectivity index (χ4v) is 2.46. The molecule has 0 heterocycles. The average molecular weight is 322 g/mol. The second-order valence-electron chi connectivity index (χ2n) is 4.87. The van der Waals surface area contributed by atoms with Gasteiger partial charge in [-0.05, 0) is 42.8 Å². The van der Waals surface area contributed by atoms with Crippen LogP contribution in [0.4, 0.5) is 15.8 Å². The molecule has 0 unspecified atom stereocenters. The molecule has 0 saturated heterocycles. The largest absolute Gasteiger partial charge is 0.322 e. The van der Waals surface area contributed by atoms with Crippen LogP contribution in [0.15, 0.2) is 42.5 Å². The molecule has 0 radical (unpaired) electrons. The van der Waals surface area contributed by atoms with Crippen LogP contribution in [0.2, 0.25) is 0 Å². The number of amides is 1. The Labute approximate surface area is 128 Å². The predicted molar refractivity (Wildman–Crippen MR) is 84.0 cm³/mol. The Morgan fingerprint density at radius 3 is 2.50 bits per heavy atom. The summed E-state index contributed by atoms with van der Waals surface area (Å²) in [6, 6.07) is 10.1. The zero-order chi connectivity index (χ0) is 16.3. The molecule has 5 nitrogen and oxygen atoms in total. The van der Waals surface area contributed by atoms with Crippen LogP contribution in [0.5, 0.6) is 0 Å². The van der Waals surface area contributed by atoms with Gasteiger partial charge in [-0.2, -0.15) is 0 Å². The smallest absolute Gasteiger partial charge is 0.255 e. The molecule has 0 bridgehead atoms. The van der Waals surface area contributed by atoms with Crippen LogP contribution in [-0.4, -0.2) is 20.6 Å². The number of rotatable bonds is 4. The molecule has 0 fully saturated rings. The fraction of sp³-hybridized carbons (Fsp3) is 0.133. The fourth-order valence-electron chi connectivity index (χ4n) is 1.84. The van der Waals surface area contributed by atoms with Crippen LogP contribution in [-0.2, 0) is 10.0 Å². The predicted octanol–water partition coefficient (Wildman–Crippen LogP) is 2.76. The topological polar surface area (TPSA) is 75.3 Å². The van der Waals surface area contributed by atoms with E-state index in [1.165, 1.54) is 24.3 Å². The van der Waals surface area contributed by atoms with Crippen molar-refractivity contribution in [1.82, 2.24) is 0 Å². The maximum atomic E-state index is 13.1. The van der Waals surface area contributed by atoms with E-state index < -0.39 is 21.7 Å². The molecular formula is C15H15FN2O3S. The highest BCUT2D eigenvalue weighted by atomic mass is 32.2. The summed E-state index contributed by atoms with van der Waals surface area (Å²) in [7, 11) is -3.44. The third-order valence-electron chi connectivity index (χ3n) is 2.88. The van der Waals surface area contributed by atoms with Gasteiger partial charge in [-0.3, -0.25) is 9.52 Å². The minimum Gasteiger partial charge on any atom is -0.322 e. The lowest BCUT2D eigenvalue weighted by Crippen LogP contribution is -2.14. The first kappa shape index (κ1) is 16.0. The highest BCUT2D eigenvalue weighted by Gasteiger charge is 2.11. The van der Waals surface area contributed by atoms with Gasteiger partial charge in [-0.1, -0.05) is 12.1 Å². The van der Waals surface area contributed by atoms with Gasteiger partial charge in [0.15, 0.2) is 0 Å². The first-order valence-corrected chi connectivity index (χ1v) is 8.29. The van der Waals surface area contributed by atoms with E-state index in [-0.39, 0.29) is 5.56 Å². The summed E-state index contributed by atoms with van der Waals surface area (Å²) in [5.74, 6) is -0.914. The Kier molecular flexibility index (Phi) is 4.46. The average Bonchev–Trinajstić information content (AvgIpc) is 2.39.